The van der Waals surface area contributed by atoms with Crippen molar-refractivity contribution < 1.29 is 32.8 Å². The predicted octanol–water partition coefficient (Wildman–Crippen LogP) is -0.763. The molecule has 3 rings (SSSR count). The van der Waals surface area contributed by atoms with Gasteiger partial charge in [0.25, 0.3) is 0 Å². The van der Waals surface area contributed by atoms with Gasteiger partial charge in [0.2, 0.25) is 0 Å². The highest BCUT2D eigenvalue weighted by Gasteiger charge is 2.67. The number of rotatable bonds is 1. The zero-order valence-corrected chi connectivity index (χ0v) is 10.1. The van der Waals surface area contributed by atoms with Crippen molar-refractivity contribution >= 4 is 24.1 Å². The van der Waals surface area contributed by atoms with Gasteiger partial charge < -0.3 is 18.8 Å². The van der Waals surface area contributed by atoms with E-state index in [9.17, 15) is 19.1 Å². The smallest absolute Gasteiger partial charge is 0.596 e. The summed E-state index contributed by atoms with van der Waals surface area (Å²) < 4.78 is 23.4. The number of phenols is 1. The number of nitrogens with zero attached hydrogens (tertiary/aromatic N) is 1. The van der Waals surface area contributed by atoms with E-state index in [4.69, 9.17) is 9.31 Å². The molecule has 0 radical (unpaired) electrons. The highest BCUT2D eigenvalue weighted by Crippen LogP contribution is 2.35. The van der Waals surface area contributed by atoms with Crippen molar-refractivity contribution in [1.29, 1.82) is 0 Å². The van der Waals surface area contributed by atoms with Crippen LogP contribution in [0.15, 0.2) is 18.2 Å². The third-order valence-corrected chi connectivity index (χ3v) is 3.77. The van der Waals surface area contributed by atoms with Crippen molar-refractivity contribution in [1.82, 2.24) is 0 Å². The number of likely N-dealkylation sites (N-methyl/N-ethyl adjacent to an activating group) is 1. The summed E-state index contributed by atoms with van der Waals surface area (Å²) in [5.74, 6) is -2.05. The van der Waals surface area contributed by atoms with Crippen molar-refractivity contribution in [3.8, 4) is 5.75 Å². The van der Waals surface area contributed by atoms with Crippen LogP contribution in [0.5, 0.6) is 5.75 Å². The number of carbonyl (C=O) groups is 2. The van der Waals surface area contributed by atoms with Gasteiger partial charge in [-0.1, -0.05) is 6.07 Å². The maximum atomic E-state index is 13.1. The Balaban J connectivity index is 2.19. The van der Waals surface area contributed by atoms with Crippen molar-refractivity contribution in [3.05, 3.63) is 24.0 Å². The molecule has 0 aliphatic carbocycles. The molecule has 1 aromatic rings. The van der Waals surface area contributed by atoms with Crippen LogP contribution in [0.4, 0.5) is 4.39 Å². The highest BCUT2D eigenvalue weighted by atomic mass is 19.1. The first-order chi connectivity index (χ1) is 8.86. The molecule has 0 unspecified atom stereocenters. The molecule has 2 aliphatic rings. The number of benzene rings is 1. The molecule has 2 aliphatic heterocycles. The molecule has 2 saturated heterocycles. The van der Waals surface area contributed by atoms with E-state index in [1.165, 1.54) is 6.07 Å². The van der Waals surface area contributed by atoms with E-state index in [-0.39, 0.29) is 22.9 Å². The largest absolute Gasteiger partial charge is 0.618 e. The van der Waals surface area contributed by atoms with E-state index in [2.05, 4.69) is 0 Å². The topological polar surface area (TPSA) is 72.8 Å². The van der Waals surface area contributed by atoms with Gasteiger partial charge in [0.15, 0.2) is 0 Å². The van der Waals surface area contributed by atoms with Crippen LogP contribution < -0.4 is 5.46 Å². The van der Waals surface area contributed by atoms with Gasteiger partial charge in [-0.25, -0.2) is 4.39 Å². The standard InChI is InChI=1S/C11H11BFNO5/c1-14-5-10(16)18-12(14,19-11(17)6-14)8-3-2-7(13)4-9(8)15/h2-4,15H,5-6H2,1H3/t12-,14+. The minimum absolute atomic E-state index is 0.0252. The Hall–Kier alpha value is -2.09. The Morgan fingerprint density at radius 1 is 1.26 bits per heavy atom. The molecule has 100 valence electrons. The maximum absolute atomic E-state index is 13.1. The second kappa shape index (κ2) is 3.48. The quantitative estimate of drug-likeness (QED) is 0.677. The maximum Gasteiger partial charge on any atom is 0.618 e. The van der Waals surface area contributed by atoms with Gasteiger partial charge >= 0.3 is 18.6 Å². The average Bonchev–Trinajstić information content (AvgIpc) is 2.61. The van der Waals surface area contributed by atoms with Crippen molar-refractivity contribution in [2.24, 2.45) is 0 Å². The SMILES string of the molecule is C[N@+]12CC(=O)O[B@@-]1(c1ccc(F)cc1O)OC(=O)C2. The summed E-state index contributed by atoms with van der Waals surface area (Å²) in [6, 6.07) is 3.29. The van der Waals surface area contributed by atoms with Crippen LogP contribution in [0.2, 0.25) is 0 Å². The molecule has 0 spiro atoms. The summed E-state index contributed by atoms with van der Waals surface area (Å²) in [5, 5.41) is 9.86. The third-order valence-electron chi connectivity index (χ3n) is 3.77. The van der Waals surface area contributed by atoms with Crippen LogP contribution in [0.1, 0.15) is 0 Å². The lowest BCUT2D eigenvalue weighted by atomic mass is 9.60. The van der Waals surface area contributed by atoms with E-state index >= 15 is 0 Å². The van der Waals surface area contributed by atoms with Crippen LogP contribution >= 0.6 is 0 Å². The van der Waals surface area contributed by atoms with Gasteiger partial charge in [-0.05, 0) is 11.5 Å². The monoisotopic (exact) mass is 267 g/mol. The summed E-state index contributed by atoms with van der Waals surface area (Å²) in [6.07, 6.45) is 0. The molecule has 19 heavy (non-hydrogen) atoms. The van der Waals surface area contributed by atoms with Crippen LogP contribution in [-0.2, 0) is 18.9 Å². The Kier molecular flexibility index (Phi) is 2.19. The zero-order chi connectivity index (χ0) is 13.8. The first-order valence-electron chi connectivity index (χ1n) is 5.77. The predicted molar refractivity (Wildman–Crippen MR) is 61.6 cm³/mol. The van der Waals surface area contributed by atoms with Gasteiger partial charge in [-0.2, -0.15) is 0 Å². The van der Waals surface area contributed by atoms with E-state index in [0.717, 1.165) is 12.1 Å². The molecule has 0 bridgehead atoms. The lowest BCUT2D eigenvalue weighted by Gasteiger charge is -2.40. The Labute approximate surface area is 107 Å². The fraction of sp³-hybridized carbons (Fsp3) is 0.273. The molecule has 1 aromatic carbocycles. The molecule has 0 amide bonds. The summed E-state index contributed by atoms with van der Waals surface area (Å²) in [4.78, 5) is 23.1. The van der Waals surface area contributed by atoms with Gasteiger partial charge in [0, 0.05) is 13.1 Å². The van der Waals surface area contributed by atoms with Crippen molar-refractivity contribution in [2.75, 3.05) is 20.1 Å². The molecular formula is C11H11BFNO5. The van der Waals surface area contributed by atoms with Gasteiger partial charge in [0.1, 0.15) is 18.9 Å². The Morgan fingerprint density at radius 2 is 1.84 bits per heavy atom. The van der Waals surface area contributed by atoms with E-state index in [0.29, 0.717) is 0 Å². The number of aromatic hydroxyl groups is 1. The number of hydrogen-bond acceptors (Lipinski definition) is 5. The number of halogens is 1. The summed E-state index contributed by atoms with van der Waals surface area (Å²) in [5.41, 5.74) is 0.126. The summed E-state index contributed by atoms with van der Waals surface area (Å²) in [6.45, 7) is -2.56. The fourth-order valence-corrected chi connectivity index (χ4v) is 2.88. The lowest BCUT2D eigenvalue weighted by molar-refractivity contribution is -0.791. The summed E-state index contributed by atoms with van der Waals surface area (Å²) in [7, 11) is 1.64. The third kappa shape index (κ3) is 1.46. The van der Waals surface area contributed by atoms with Gasteiger partial charge in [-0.15, -0.1) is 0 Å². The van der Waals surface area contributed by atoms with Crippen LogP contribution in [-0.4, -0.2) is 48.3 Å². The van der Waals surface area contributed by atoms with Gasteiger partial charge in [0.05, 0.1) is 5.75 Å². The Bertz CT molecular complexity index is 585. The lowest BCUT2D eigenvalue weighted by Crippen LogP contribution is -2.67. The number of fused-ring (bicyclic) bond motifs is 1. The number of quaternary nitrogens is 1. The zero-order valence-electron chi connectivity index (χ0n) is 10.1. The molecule has 6 nitrogen and oxygen atoms in total. The molecule has 2 heterocycles. The summed E-state index contributed by atoms with van der Waals surface area (Å²) >= 11 is 0. The normalized spacial score (nSPS) is 32.9. The minimum atomic E-state index is -2.51. The molecule has 2 fully saturated rings. The first kappa shape index (κ1) is 12.0. The van der Waals surface area contributed by atoms with Crippen LogP contribution in [0, 0.1) is 5.82 Å². The minimum Gasteiger partial charge on any atom is -0.596 e. The number of hydrogen-bond donors (Lipinski definition) is 1. The molecule has 0 atom stereocenters. The molecule has 0 aromatic heterocycles. The number of carbonyl (C=O) groups excluding carboxylic acids is 2. The van der Waals surface area contributed by atoms with Crippen molar-refractivity contribution in [3.63, 3.8) is 0 Å². The van der Waals surface area contributed by atoms with E-state index in [1.54, 1.807) is 7.05 Å². The second-order valence-electron chi connectivity index (χ2n) is 5.15. The van der Waals surface area contributed by atoms with E-state index < -0.39 is 30.2 Å². The highest BCUT2D eigenvalue weighted by molar-refractivity contribution is 6.79. The number of phenolic OH excluding ortho intramolecular Hbond substituents is 1. The molecule has 8 heteroatoms. The Morgan fingerprint density at radius 3 is 2.37 bits per heavy atom. The molecular weight excluding hydrogens is 256 g/mol. The van der Waals surface area contributed by atoms with Gasteiger partial charge in [-0.3, -0.25) is 9.59 Å². The van der Waals surface area contributed by atoms with Crippen molar-refractivity contribution in [2.45, 2.75) is 0 Å². The van der Waals surface area contributed by atoms with Crippen LogP contribution in [0.3, 0.4) is 0 Å². The van der Waals surface area contributed by atoms with Crippen LogP contribution in [0.25, 0.3) is 0 Å². The second-order valence-corrected chi connectivity index (χ2v) is 5.15. The molecule has 0 saturated carbocycles. The first-order valence-corrected chi connectivity index (χ1v) is 5.77. The average molecular weight is 267 g/mol. The van der Waals surface area contributed by atoms with E-state index in [1.807, 2.05) is 0 Å². The molecule has 1 N–H and O–H groups in total. The fourth-order valence-electron chi connectivity index (χ4n) is 2.88.